The summed E-state index contributed by atoms with van der Waals surface area (Å²) in [6.45, 7) is 4.80. The van der Waals surface area contributed by atoms with E-state index in [0.717, 1.165) is 38.5 Å². The van der Waals surface area contributed by atoms with Gasteiger partial charge in [0.1, 0.15) is 13.2 Å². The fourth-order valence-corrected chi connectivity index (χ4v) is 6.89. The van der Waals surface area contributed by atoms with Crippen molar-refractivity contribution in [2.24, 2.45) is 0 Å². The van der Waals surface area contributed by atoms with Crippen molar-refractivity contribution in [3.05, 3.63) is 24.3 Å². The second-order valence-electron chi connectivity index (χ2n) is 16.1. The van der Waals surface area contributed by atoms with E-state index < -0.39 is 20.0 Å². The van der Waals surface area contributed by atoms with Crippen molar-refractivity contribution >= 4 is 13.7 Å². The second-order valence-corrected chi connectivity index (χ2v) is 17.5. The number of phosphoric ester groups is 1. The Bertz CT molecular complexity index is 907. The summed E-state index contributed by atoms with van der Waals surface area (Å²) in [5.41, 5.74) is 0. The fourth-order valence-electron chi connectivity index (χ4n) is 6.15. The lowest BCUT2D eigenvalue weighted by Crippen LogP contribution is -2.45. The highest BCUT2D eigenvalue weighted by Crippen LogP contribution is 2.43. The summed E-state index contributed by atoms with van der Waals surface area (Å²) in [7, 11) is 1.57. The van der Waals surface area contributed by atoms with Gasteiger partial charge in [-0.25, -0.2) is 4.57 Å². The zero-order valence-electron chi connectivity index (χ0n) is 34.8. The zero-order valence-corrected chi connectivity index (χ0v) is 35.7. The molecule has 0 heterocycles. The van der Waals surface area contributed by atoms with Gasteiger partial charge in [-0.1, -0.05) is 167 Å². The first kappa shape index (κ1) is 51.0. The van der Waals surface area contributed by atoms with Crippen LogP contribution in [0, 0.1) is 0 Å². The number of quaternary nitrogens is 1. The summed E-state index contributed by atoms with van der Waals surface area (Å²) in [6.07, 6.45) is 40.9. The van der Waals surface area contributed by atoms with Crippen LogP contribution in [-0.2, 0) is 18.4 Å². The van der Waals surface area contributed by atoms with Gasteiger partial charge in [0.25, 0.3) is 0 Å². The number of rotatable bonds is 39. The largest absolute Gasteiger partial charge is 0.472 e. The lowest BCUT2D eigenvalue weighted by molar-refractivity contribution is -0.870. The van der Waals surface area contributed by atoms with E-state index >= 15 is 0 Å². The zero-order chi connectivity index (χ0) is 38.6. The highest BCUT2D eigenvalue weighted by molar-refractivity contribution is 7.47. The molecule has 0 aliphatic carbocycles. The number of nitrogens with zero attached hydrogens (tertiary/aromatic N) is 1. The first-order valence-corrected chi connectivity index (χ1v) is 23.2. The summed E-state index contributed by atoms with van der Waals surface area (Å²) >= 11 is 0. The summed E-state index contributed by atoms with van der Waals surface area (Å²) in [6, 6.07) is -0.844. The average molecular weight is 758 g/mol. The first-order valence-electron chi connectivity index (χ1n) is 21.7. The number of likely N-dealkylation sites (N-methyl/N-ethyl adjacent to an activating group) is 1. The molecule has 8 nitrogen and oxygen atoms in total. The highest BCUT2D eigenvalue weighted by Gasteiger charge is 2.27. The molecule has 0 saturated carbocycles. The van der Waals surface area contributed by atoms with Crippen LogP contribution in [0.3, 0.4) is 0 Å². The van der Waals surface area contributed by atoms with Crippen molar-refractivity contribution in [3.63, 3.8) is 0 Å². The smallest absolute Gasteiger partial charge is 0.387 e. The molecule has 0 aromatic carbocycles. The molecule has 3 atom stereocenters. The van der Waals surface area contributed by atoms with Gasteiger partial charge >= 0.3 is 7.82 Å². The van der Waals surface area contributed by atoms with Crippen LogP contribution in [0.25, 0.3) is 0 Å². The molecular weight excluding hydrogens is 671 g/mol. The molecule has 3 N–H and O–H groups in total. The molecule has 1 amide bonds. The van der Waals surface area contributed by atoms with E-state index in [1.807, 2.05) is 27.2 Å². The molecular formula is C43H86N2O6P+. The van der Waals surface area contributed by atoms with Gasteiger partial charge in [-0.05, 0) is 44.9 Å². The molecule has 0 bridgehead atoms. The number of carbonyl (C=O) groups is 1. The van der Waals surface area contributed by atoms with Crippen LogP contribution in [0.5, 0.6) is 0 Å². The maximum absolute atomic E-state index is 12.8. The quantitative estimate of drug-likeness (QED) is 0.0250. The van der Waals surface area contributed by atoms with Crippen molar-refractivity contribution < 1.29 is 32.9 Å². The Kier molecular flexibility index (Phi) is 35.0. The lowest BCUT2D eigenvalue weighted by Gasteiger charge is -2.25. The fraction of sp³-hybridized carbons (Fsp3) is 0.884. The van der Waals surface area contributed by atoms with Crippen LogP contribution in [0.15, 0.2) is 24.3 Å². The summed E-state index contributed by atoms with van der Waals surface area (Å²) in [4.78, 5) is 23.1. The summed E-state index contributed by atoms with van der Waals surface area (Å²) in [5, 5.41) is 13.8. The molecule has 9 heteroatoms. The predicted octanol–water partition coefficient (Wildman–Crippen LogP) is 11.7. The van der Waals surface area contributed by atoms with Crippen molar-refractivity contribution in [1.82, 2.24) is 5.32 Å². The number of amides is 1. The number of allylic oxidation sites excluding steroid dienone is 3. The maximum atomic E-state index is 12.8. The minimum absolute atomic E-state index is 0.0616. The molecule has 52 heavy (non-hydrogen) atoms. The molecule has 0 aromatic rings. The van der Waals surface area contributed by atoms with Gasteiger partial charge in [-0.15, -0.1) is 0 Å². The SMILES string of the molecule is CCCCCCCC/C=C\CCCCCCCCCC(=O)N[C@@H](COP(=O)(O)OCC[N+](C)(C)C)[C@H](O)/C=C/CCCCCCCCCCCCC. The topological polar surface area (TPSA) is 105 Å². The third-order valence-corrected chi connectivity index (χ3v) is 10.6. The first-order chi connectivity index (χ1) is 25.0. The van der Waals surface area contributed by atoms with Crippen LogP contribution in [0.1, 0.15) is 194 Å². The number of hydrogen-bond acceptors (Lipinski definition) is 5. The van der Waals surface area contributed by atoms with E-state index in [9.17, 15) is 19.4 Å². The van der Waals surface area contributed by atoms with Gasteiger partial charge in [-0.3, -0.25) is 13.8 Å². The number of carbonyl (C=O) groups excluding carboxylic acids is 1. The van der Waals surface area contributed by atoms with Gasteiger partial charge < -0.3 is 19.8 Å². The standard InChI is InChI=1S/C43H85N2O6P/c1-6-8-10-12-14-16-18-20-21-22-23-25-27-29-31-33-35-37-43(47)44-41(40-51-52(48,49)50-39-38-45(3,4)5)42(46)36-34-32-30-28-26-24-19-17-15-13-11-9-7-2/h20-21,34,36,41-42,46H,6-19,22-33,35,37-40H2,1-5H3,(H-,44,47,48,49)/p+1/b21-20-,36-34+/t41-,42+/m0/s1. The maximum Gasteiger partial charge on any atom is 0.472 e. The number of phosphoric acid groups is 1. The molecule has 0 aromatic heterocycles. The number of hydrogen-bond donors (Lipinski definition) is 3. The van der Waals surface area contributed by atoms with Crippen LogP contribution < -0.4 is 5.32 Å². The Hall–Kier alpha value is -1.02. The van der Waals surface area contributed by atoms with Crippen LogP contribution >= 0.6 is 7.82 Å². The monoisotopic (exact) mass is 758 g/mol. The van der Waals surface area contributed by atoms with E-state index in [1.54, 1.807) is 6.08 Å². The van der Waals surface area contributed by atoms with E-state index in [2.05, 4.69) is 31.3 Å². The van der Waals surface area contributed by atoms with Crippen LogP contribution in [0.2, 0.25) is 0 Å². The Morgan fingerprint density at radius 1 is 0.635 bits per heavy atom. The third-order valence-electron chi connectivity index (χ3n) is 9.67. The van der Waals surface area contributed by atoms with Gasteiger partial charge in [0.2, 0.25) is 5.91 Å². The van der Waals surface area contributed by atoms with Crippen molar-refractivity contribution in [1.29, 1.82) is 0 Å². The average Bonchev–Trinajstić information content (AvgIpc) is 3.09. The van der Waals surface area contributed by atoms with Crippen molar-refractivity contribution in [3.8, 4) is 0 Å². The Labute approximate surface area is 322 Å². The molecule has 0 aliphatic rings. The number of aliphatic hydroxyl groups excluding tert-OH is 1. The molecule has 0 radical (unpaired) electrons. The number of unbranched alkanes of at least 4 members (excludes halogenated alkanes) is 24. The van der Waals surface area contributed by atoms with E-state index in [1.165, 1.54) is 135 Å². The highest BCUT2D eigenvalue weighted by atomic mass is 31.2. The molecule has 0 fully saturated rings. The minimum Gasteiger partial charge on any atom is -0.387 e. The Morgan fingerprint density at radius 3 is 1.48 bits per heavy atom. The van der Waals surface area contributed by atoms with Gasteiger partial charge in [0.15, 0.2) is 0 Å². The number of nitrogens with one attached hydrogen (secondary N) is 1. The minimum atomic E-state index is -4.33. The van der Waals surface area contributed by atoms with Gasteiger partial charge in [-0.2, -0.15) is 0 Å². The summed E-state index contributed by atoms with van der Waals surface area (Å²) < 4.78 is 23.5. The Morgan fingerprint density at radius 2 is 1.04 bits per heavy atom. The van der Waals surface area contributed by atoms with E-state index in [-0.39, 0.29) is 19.1 Å². The van der Waals surface area contributed by atoms with E-state index in [0.29, 0.717) is 17.4 Å². The molecule has 1 unspecified atom stereocenters. The second kappa shape index (κ2) is 35.7. The van der Waals surface area contributed by atoms with Gasteiger partial charge in [0, 0.05) is 6.42 Å². The van der Waals surface area contributed by atoms with Crippen LogP contribution in [0.4, 0.5) is 0 Å². The van der Waals surface area contributed by atoms with E-state index in [4.69, 9.17) is 9.05 Å². The van der Waals surface area contributed by atoms with Crippen molar-refractivity contribution in [2.45, 2.75) is 206 Å². The number of aliphatic hydroxyl groups is 1. The molecule has 308 valence electrons. The molecule has 0 aliphatic heterocycles. The molecule has 0 saturated heterocycles. The predicted molar refractivity (Wildman–Crippen MR) is 221 cm³/mol. The van der Waals surface area contributed by atoms with Gasteiger partial charge in [0.05, 0.1) is 39.9 Å². The normalized spacial score (nSPS) is 14.7. The molecule has 0 rings (SSSR count). The summed E-state index contributed by atoms with van der Waals surface area (Å²) in [5.74, 6) is -0.183. The Balaban J connectivity index is 4.43. The lowest BCUT2D eigenvalue weighted by atomic mass is 10.0. The third kappa shape index (κ3) is 37.3. The van der Waals surface area contributed by atoms with Crippen LogP contribution in [-0.4, -0.2) is 73.4 Å². The molecule has 0 spiro atoms. The van der Waals surface area contributed by atoms with Crippen molar-refractivity contribution in [2.75, 3.05) is 40.9 Å².